The molecule has 1 aromatic heterocycles. The summed E-state index contributed by atoms with van der Waals surface area (Å²) < 4.78 is 4.92. The number of methoxy groups -OCH3 is 1. The number of rotatable bonds is 4. The molecule has 146 valence electrons. The first kappa shape index (κ1) is 21.4. The molecule has 2 unspecified atom stereocenters. The zero-order valence-corrected chi connectivity index (χ0v) is 18.9. The summed E-state index contributed by atoms with van der Waals surface area (Å²) >= 11 is 1.88. The molecule has 2 aliphatic heterocycles. The number of likely N-dealkylation sites (tertiary alicyclic amines) is 1. The van der Waals surface area contributed by atoms with Gasteiger partial charge < -0.3 is 15.0 Å². The van der Waals surface area contributed by atoms with Crippen molar-refractivity contribution in [3.8, 4) is 0 Å². The van der Waals surface area contributed by atoms with E-state index in [0.717, 1.165) is 45.1 Å². The summed E-state index contributed by atoms with van der Waals surface area (Å²) in [6.07, 6.45) is 1.16. The lowest BCUT2D eigenvalue weighted by Crippen LogP contribution is -2.44. The van der Waals surface area contributed by atoms with Crippen LogP contribution in [-0.4, -0.2) is 68.6 Å². The zero-order chi connectivity index (χ0) is 17.8. The van der Waals surface area contributed by atoms with Gasteiger partial charge in [0.1, 0.15) is 0 Å². The maximum atomic E-state index is 11.9. The third kappa shape index (κ3) is 4.89. The number of ether oxygens (including phenoxy) is 1. The lowest BCUT2D eigenvalue weighted by atomic mass is 9.99. The maximum Gasteiger partial charge on any atom is 0.310 e. The number of halogens is 1. The molecule has 1 N–H and O–H groups in total. The van der Waals surface area contributed by atoms with E-state index >= 15 is 0 Å². The van der Waals surface area contributed by atoms with Crippen LogP contribution in [0.4, 0.5) is 0 Å². The van der Waals surface area contributed by atoms with Gasteiger partial charge in [0.15, 0.2) is 5.96 Å². The van der Waals surface area contributed by atoms with E-state index in [1.165, 1.54) is 12.7 Å². The van der Waals surface area contributed by atoms with E-state index in [0.29, 0.717) is 6.54 Å². The second-order valence-electron chi connectivity index (χ2n) is 6.88. The van der Waals surface area contributed by atoms with Gasteiger partial charge in [-0.25, -0.2) is 0 Å². The van der Waals surface area contributed by atoms with Crippen LogP contribution >= 0.6 is 35.3 Å². The zero-order valence-electron chi connectivity index (χ0n) is 15.7. The average molecular weight is 492 g/mol. The predicted molar refractivity (Wildman–Crippen MR) is 116 cm³/mol. The molecule has 0 aromatic carbocycles. The van der Waals surface area contributed by atoms with Crippen LogP contribution in [0.2, 0.25) is 0 Å². The van der Waals surface area contributed by atoms with E-state index in [9.17, 15) is 4.79 Å². The number of carbonyl (C=O) groups is 1. The van der Waals surface area contributed by atoms with E-state index in [4.69, 9.17) is 4.74 Å². The van der Waals surface area contributed by atoms with Gasteiger partial charge in [-0.3, -0.25) is 14.7 Å². The normalized spacial score (nSPS) is 23.3. The van der Waals surface area contributed by atoms with Gasteiger partial charge in [0.25, 0.3) is 0 Å². The molecule has 2 aliphatic rings. The fraction of sp³-hybridized carbons (Fsp3) is 0.667. The van der Waals surface area contributed by atoms with Crippen molar-refractivity contribution < 1.29 is 9.53 Å². The summed E-state index contributed by atoms with van der Waals surface area (Å²) in [5.74, 6) is 0.976. The molecule has 1 fully saturated rings. The minimum Gasteiger partial charge on any atom is -0.469 e. The van der Waals surface area contributed by atoms with Crippen LogP contribution < -0.4 is 5.32 Å². The second-order valence-corrected chi connectivity index (χ2v) is 7.88. The molecular weight excluding hydrogens is 463 g/mol. The standard InChI is InChI=1S/C18H28N4O2S.HI/c1-13-10-22(12-15(13)17(23)24-3)18(19-2)20-6-8-21-7-4-16-14(11-21)5-9-25-16;/h5,9,13,15H,4,6-8,10-12H2,1-3H3,(H,19,20);1H. The highest BCUT2D eigenvalue weighted by molar-refractivity contribution is 14.0. The molecule has 0 aliphatic carbocycles. The lowest BCUT2D eigenvalue weighted by molar-refractivity contribution is -0.145. The summed E-state index contributed by atoms with van der Waals surface area (Å²) in [6, 6.07) is 2.25. The molecule has 6 nitrogen and oxygen atoms in total. The Bertz CT molecular complexity index is 636. The van der Waals surface area contributed by atoms with Gasteiger partial charge >= 0.3 is 5.97 Å². The van der Waals surface area contributed by atoms with E-state index < -0.39 is 0 Å². The summed E-state index contributed by atoms with van der Waals surface area (Å²) in [7, 11) is 3.26. The Kier molecular flexibility index (Phi) is 8.15. The number of hydrogen-bond acceptors (Lipinski definition) is 5. The number of carbonyl (C=O) groups excluding carboxylic acids is 1. The van der Waals surface area contributed by atoms with Gasteiger partial charge in [-0.2, -0.15) is 0 Å². The van der Waals surface area contributed by atoms with Crippen LogP contribution in [-0.2, 0) is 22.5 Å². The minimum atomic E-state index is -0.120. The summed E-state index contributed by atoms with van der Waals surface area (Å²) in [5.41, 5.74) is 1.48. The molecule has 2 atom stereocenters. The quantitative estimate of drug-likeness (QED) is 0.302. The first-order valence-corrected chi connectivity index (χ1v) is 9.81. The highest BCUT2D eigenvalue weighted by atomic mass is 127. The molecule has 3 heterocycles. The van der Waals surface area contributed by atoms with Gasteiger partial charge in [-0.1, -0.05) is 6.92 Å². The SMILES string of the molecule is CN=C(NCCN1CCc2sccc2C1)N1CC(C)C(C(=O)OC)C1.I. The molecule has 0 spiro atoms. The molecule has 1 aromatic rings. The Morgan fingerprint density at radius 3 is 3.00 bits per heavy atom. The van der Waals surface area contributed by atoms with Gasteiger partial charge in [-0.15, -0.1) is 35.3 Å². The number of nitrogens with one attached hydrogen (secondary N) is 1. The third-order valence-electron chi connectivity index (χ3n) is 5.23. The fourth-order valence-corrected chi connectivity index (χ4v) is 4.64. The van der Waals surface area contributed by atoms with Crippen molar-refractivity contribution in [2.75, 3.05) is 46.9 Å². The Labute approximate surface area is 177 Å². The van der Waals surface area contributed by atoms with Crippen molar-refractivity contribution in [1.82, 2.24) is 15.1 Å². The smallest absolute Gasteiger partial charge is 0.310 e. The minimum absolute atomic E-state index is 0. The Hall–Kier alpha value is -0.870. The number of fused-ring (bicyclic) bond motifs is 1. The number of nitrogens with zero attached hydrogens (tertiary/aromatic N) is 3. The molecule has 8 heteroatoms. The molecule has 0 radical (unpaired) electrons. The van der Waals surface area contributed by atoms with Crippen LogP contribution in [0.3, 0.4) is 0 Å². The van der Waals surface area contributed by atoms with E-state index in [2.05, 4.69) is 38.5 Å². The van der Waals surface area contributed by atoms with Crippen molar-refractivity contribution >= 4 is 47.2 Å². The summed E-state index contributed by atoms with van der Waals surface area (Å²) in [4.78, 5) is 22.5. The molecule has 0 bridgehead atoms. The van der Waals surface area contributed by atoms with E-state index in [-0.39, 0.29) is 41.8 Å². The molecule has 26 heavy (non-hydrogen) atoms. The highest BCUT2D eigenvalue weighted by Crippen LogP contribution is 2.25. The van der Waals surface area contributed by atoms with Crippen LogP contribution in [0, 0.1) is 11.8 Å². The van der Waals surface area contributed by atoms with Crippen LogP contribution in [0.15, 0.2) is 16.4 Å². The second kappa shape index (κ2) is 9.89. The number of guanidine groups is 1. The number of hydrogen-bond donors (Lipinski definition) is 1. The lowest BCUT2D eigenvalue weighted by Gasteiger charge is -2.28. The Morgan fingerprint density at radius 1 is 1.46 bits per heavy atom. The van der Waals surface area contributed by atoms with Crippen molar-refractivity contribution in [2.24, 2.45) is 16.8 Å². The van der Waals surface area contributed by atoms with Gasteiger partial charge in [-0.05, 0) is 29.3 Å². The Balaban J connectivity index is 0.00000243. The number of aliphatic imine (C=N–C) groups is 1. The van der Waals surface area contributed by atoms with Crippen LogP contribution in [0.1, 0.15) is 17.4 Å². The van der Waals surface area contributed by atoms with E-state index in [1.54, 1.807) is 11.9 Å². The van der Waals surface area contributed by atoms with Crippen LogP contribution in [0.5, 0.6) is 0 Å². The highest BCUT2D eigenvalue weighted by Gasteiger charge is 2.36. The predicted octanol–water partition coefficient (Wildman–Crippen LogP) is 2.04. The topological polar surface area (TPSA) is 57.2 Å². The first-order chi connectivity index (χ1) is 12.1. The maximum absolute atomic E-state index is 11.9. The van der Waals surface area contributed by atoms with Crippen molar-refractivity contribution in [1.29, 1.82) is 0 Å². The summed E-state index contributed by atoms with van der Waals surface area (Å²) in [5, 5.41) is 5.65. The van der Waals surface area contributed by atoms with E-state index in [1.807, 2.05) is 11.3 Å². The van der Waals surface area contributed by atoms with Crippen molar-refractivity contribution in [3.63, 3.8) is 0 Å². The third-order valence-corrected chi connectivity index (χ3v) is 6.25. The largest absolute Gasteiger partial charge is 0.469 e. The molecular formula is C18H29IN4O2S. The monoisotopic (exact) mass is 492 g/mol. The fourth-order valence-electron chi connectivity index (χ4n) is 3.75. The molecule has 3 rings (SSSR count). The number of thiophene rings is 1. The first-order valence-electron chi connectivity index (χ1n) is 8.93. The van der Waals surface area contributed by atoms with Gasteiger partial charge in [0.05, 0.1) is 13.0 Å². The average Bonchev–Trinajstić information content (AvgIpc) is 3.24. The van der Waals surface area contributed by atoms with Crippen LogP contribution in [0.25, 0.3) is 0 Å². The number of esters is 1. The molecule has 0 amide bonds. The van der Waals surface area contributed by atoms with Crippen molar-refractivity contribution in [3.05, 3.63) is 21.9 Å². The molecule has 0 saturated carbocycles. The van der Waals surface area contributed by atoms with Crippen molar-refractivity contribution in [2.45, 2.75) is 19.9 Å². The van der Waals surface area contributed by atoms with Gasteiger partial charge in [0.2, 0.25) is 0 Å². The molecule has 1 saturated heterocycles. The Morgan fingerprint density at radius 2 is 2.27 bits per heavy atom. The summed E-state index contributed by atoms with van der Waals surface area (Å²) in [6.45, 7) is 7.64. The van der Waals surface area contributed by atoms with Gasteiger partial charge in [0, 0.05) is 51.2 Å².